The van der Waals surface area contributed by atoms with Crippen LogP contribution in [0.5, 0.6) is 0 Å². The number of carbonyl (C=O) groups is 1. The summed E-state index contributed by atoms with van der Waals surface area (Å²) in [5.41, 5.74) is 0. The van der Waals surface area contributed by atoms with Gasteiger partial charge >= 0.3 is 0 Å². The van der Waals surface area contributed by atoms with Crippen molar-refractivity contribution < 1.29 is 4.79 Å². The van der Waals surface area contributed by atoms with Crippen LogP contribution in [0.3, 0.4) is 0 Å². The van der Waals surface area contributed by atoms with E-state index in [4.69, 9.17) is 0 Å². The lowest BCUT2D eigenvalue weighted by Crippen LogP contribution is -2.55. The summed E-state index contributed by atoms with van der Waals surface area (Å²) in [5, 5.41) is 0. The van der Waals surface area contributed by atoms with E-state index in [1.807, 2.05) is 0 Å². The fraction of sp³-hybridized carbons (Fsp3) is 0.947. The Morgan fingerprint density at radius 2 is 1.52 bits per heavy atom. The van der Waals surface area contributed by atoms with Gasteiger partial charge in [-0.3, -0.25) is 9.69 Å². The van der Waals surface area contributed by atoms with Crippen molar-refractivity contribution >= 4 is 5.91 Å². The molecule has 23 heavy (non-hydrogen) atoms. The first-order chi connectivity index (χ1) is 11.2. The van der Waals surface area contributed by atoms with E-state index in [2.05, 4.69) is 28.5 Å². The van der Waals surface area contributed by atoms with Gasteiger partial charge in [0.25, 0.3) is 0 Å². The molecule has 1 amide bonds. The summed E-state index contributed by atoms with van der Waals surface area (Å²) in [7, 11) is 0. The van der Waals surface area contributed by atoms with Crippen LogP contribution in [0.25, 0.3) is 0 Å². The van der Waals surface area contributed by atoms with Gasteiger partial charge < -0.3 is 9.80 Å². The number of piperidine rings is 3. The number of amides is 1. The maximum Gasteiger partial charge on any atom is 0.239 e. The van der Waals surface area contributed by atoms with E-state index in [0.717, 1.165) is 25.7 Å². The monoisotopic (exact) mass is 321 g/mol. The lowest BCUT2D eigenvalue weighted by molar-refractivity contribution is -0.140. The molecule has 3 heterocycles. The van der Waals surface area contributed by atoms with Crippen molar-refractivity contribution in [3.8, 4) is 0 Å². The summed E-state index contributed by atoms with van der Waals surface area (Å²) in [6.07, 6.45) is 10.3. The Bertz CT molecular complexity index is 386. The quantitative estimate of drug-likeness (QED) is 0.800. The molecule has 3 aliphatic heterocycles. The first-order valence-corrected chi connectivity index (χ1v) is 9.95. The second-order valence-electron chi connectivity index (χ2n) is 7.92. The van der Waals surface area contributed by atoms with Crippen LogP contribution in [0.2, 0.25) is 0 Å². The molecule has 4 nitrogen and oxygen atoms in total. The molecule has 2 atom stereocenters. The summed E-state index contributed by atoms with van der Waals surface area (Å²) in [6.45, 7) is 10.1. The first kappa shape index (κ1) is 17.2. The molecule has 3 aliphatic rings. The summed E-state index contributed by atoms with van der Waals surface area (Å²) in [5.74, 6) is 0.369. The average Bonchev–Trinajstić information content (AvgIpc) is 2.62. The lowest BCUT2D eigenvalue weighted by atomic mass is 9.98. The molecule has 0 bridgehead atoms. The molecule has 3 rings (SSSR count). The van der Waals surface area contributed by atoms with Gasteiger partial charge in [0, 0.05) is 31.7 Å². The lowest BCUT2D eigenvalue weighted by Gasteiger charge is -2.43. The SMILES string of the molecule is CC(C(=O)N1CCCCC1C)N1CCC(N2CCCCC2)CC1. The van der Waals surface area contributed by atoms with Gasteiger partial charge in [-0.05, 0) is 71.9 Å². The zero-order chi connectivity index (χ0) is 16.2. The molecule has 4 heteroatoms. The van der Waals surface area contributed by atoms with Crippen molar-refractivity contribution in [2.45, 2.75) is 83.3 Å². The van der Waals surface area contributed by atoms with Gasteiger partial charge in [-0.1, -0.05) is 6.42 Å². The predicted molar refractivity (Wildman–Crippen MR) is 94.5 cm³/mol. The number of carbonyl (C=O) groups excluding carboxylic acids is 1. The fourth-order valence-corrected chi connectivity index (χ4v) is 4.74. The van der Waals surface area contributed by atoms with E-state index in [0.29, 0.717) is 11.9 Å². The van der Waals surface area contributed by atoms with Gasteiger partial charge in [0.05, 0.1) is 6.04 Å². The molecular formula is C19H35N3O. The first-order valence-electron chi connectivity index (χ1n) is 9.95. The van der Waals surface area contributed by atoms with Gasteiger partial charge in [-0.25, -0.2) is 0 Å². The predicted octanol–water partition coefficient (Wildman–Crippen LogP) is 2.73. The van der Waals surface area contributed by atoms with Gasteiger partial charge in [-0.2, -0.15) is 0 Å². The van der Waals surface area contributed by atoms with Gasteiger partial charge in [0.15, 0.2) is 0 Å². The minimum absolute atomic E-state index is 0.0675. The molecule has 3 fully saturated rings. The Balaban J connectivity index is 1.49. The highest BCUT2D eigenvalue weighted by Crippen LogP contribution is 2.24. The Kier molecular flexibility index (Phi) is 5.97. The third-order valence-corrected chi connectivity index (χ3v) is 6.40. The van der Waals surface area contributed by atoms with Crippen LogP contribution >= 0.6 is 0 Å². The maximum absolute atomic E-state index is 12.9. The van der Waals surface area contributed by atoms with Crippen LogP contribution in [-0.2, 0) is 4.79 Å². The zero-order valence-electron chi connectivity index (χ0n) is 15.2. The molecular weight excluding hydrogens is 286 g/mol. The summed E-state index contributed by atoms with van der Waals surface area (Å²) in [4.78, 5) is 20.2. The number of hydrogen-bond acceptors (Lipinski definition) is 3. The van der Waals surface area contributed by atoms with Crippen LogP contribution in [0.15, 0.2) is 0 Å². The van der Waals surface area contributed by atoms with Crippen molar-refractivity contribution in [1.82, 2.24) is 14.7 Å². The van der Waals surface area contributed by atoms with Crippen LogP contribution < -0.4 is 0 Å². The maximum atomic E-state index is 12.9. The van der Waals surface area contributed by atoms with Crippen molar-refractivity contribution in [2.75, 3.05) is 32.7 Å². The minimum Gasteiger partial charge on any atom is -0.339 e. The summed E-state index contributed by atoms with van der Waals surface area (Å²) in [6, 6.07) is 1.27. The Morgan fingerprint density at radius 3 is 2.17 bits per heavy atom. The molecule has 0 aromatic rings. The number of likely N-dealkylation sites (tertiary alicyclic amines) is 3. The zero-order valence-corrected chi connectivity index (χ0v) is 15.2. The molecule has 0 N–H and O–H groups in total. The highest BCUT2D eigenvalue weighted by molar-refractivity contribution is 5.81. The molecule has 0 saturated carbocycles. The van der Waals surface area contributed by atoms with Crippen LogP contribution in [0.4, 0.5) is 0 Å². The number of rotatable bonds is 3. The molecule has 0 spiro atoms. The van der Waals surface area contributed by atoms with Crippen molar-refractivity contribution in [2.24, 2.45) is 0 Å². The second-order valence-corrected chi connectivity index (χ2v) is 7.92. The summed E-state index contributed by atoms with van der Waals surface area (Å²) >= 11 is 0. The van der Waals surface area contributed by atoms with Crippen LogP contribution in [0.1, 0.15) is 65.2 Å². The van der Waals surface area contributed by atoms with E-state index in [1.165, 1.54) is 64.5 Å². The molecule has 3 saturated heterocycles. The molecule has 0 aliphatic carbocycles. The largest absolute Gasteiger partial charge is 0.339 e. The fourth-order valence-electron chi connectivity index (χ4n) is 4.74. The van der Waals surface area contributed by atoms with Gasteiger partial charge in [0.2, 0.25) is 5.91 Å². The van der Waals surface area contributed by atoms with Crippen LogP contribution in [-0.4, -0.2) is 71.5 Å². The number of nitrogens with zero attached hydrogens (tertiary/aromatic N) is 3. The topological polar surface area (TPSA) is 26.8 Å². The standard InChI is InChI=1S/C19H35N3O/c1-16-8-4-7-13-22(16)19(23)17(2)20-14-9-18(10-15-20)21-11-5-3-6-12-21/h16-18H,3-15H2,1-2H3. The molecule has 0 aromatic heterocycles. The molecule has 0 aromatic carbocycles. The van der Waals surface area contributed by atoms with Gasteiger partial charge in [-0.15, -0.1) is 0 Å². The molecule has 0 radical (unpaired) electrons. The summed E-state index contributed by atoms with van der Waals surface area (Å²) < 4.78 is 0. The molecule has 2 unspecified atom stereocenters. The highest BCUT2D eigenvalue weighted by atomic mass is 16.2. The Labute approximate surface area is 142 Å². The Morgan fingerprint density at radius 1 is 0.870 bits per heavy atom. The van der Waals surface area contributed by atoms with Crippen LogP contribution in [0, 0.1) is 0 Å². The normalized spacial score (nSPS) is 30.3. The Hall–Kier alpha value is -0.610. The van der Waals surface area contributed by atoms with E-state index in [9.17, 15) is 4.79 Å². The smallest absolute Gasteiger partial charge is 0.239 e. The highest BCUT2D eigenvalue weighted by Gasteiger charge is 2.33. The van der Waals surface area contributed by atoms with E-state index >= 15 is 0 Å². The number of hydrogen-bond donors (Lipinski definition) is 0. The molecule has 132 valence electrons. The average molecular weight is 322 g/mol. The third-order valence-electron chi connectivity index (χ3n) is 6.40. The third kappa shape index (κ3) is 4.08. The second kappa shape index (κ2) is 7.98. The van der Waals surface area contributed by atoms with Gasteiger partial charge in [0.1, 0.15) is 0 Å². The van der Waals surface area contributed by atoms with Crippen molar-refractivity contribution in [3.63, 3.8) is 0 Å². The minimum atomic E-state index is 0.0675. The van der Waals surface area contributed by atoms with E-state index in [-0.39, 0.29) is 6.04 Å². The van der Waals surface area contributed by atoms with Crippen molar-refractivity contribution in [3.05, 3.63) is 0 Å². The van der Waals surface area contributed by atoms with Crippen molar-refractivity contribution in [1.29, 1.82) is 0 Å². The van der Waals surface area contributed by atoms with E-state index < -0.39 is 0 Å². The van der Waals surface area contributed by atoms with E-state index in [1.54, 1.807) is 0 Å².